The van der Waals surface area contributed by atoms with Gasteiger partial charge in [0.05, 0.1) is 10.9 Å². The minimum Gasteiger partial charge on any atom is -0.350 e. The monoisotopic (exact) mass is 449 g/mol. The summed E-state index contributed by atoms with van der Waals surface area (Å²) in [6.07, 6.45) is 2.36. The summed E-state index contributed by atoms with van der Waals surface area (Å²) in [5.74, 6) is -0.178. The van der Waals surface area contributed by atoms with Crippen molar-refractivity contribution >= 4 is 21.6 Å². The quantitative estimate of drug-likeness (QED) is 0.544. The molecule has 0 unspecified atom stereocenters. The summed E-state index contributed by atoms with van der Waals surface area (Å²) in [5.41, 5.74) is 2.09. The molecule has 4 rings (SSSR count). The summed E-state index contributed by atoms with van der Waals surface area (Å²) < 4.78 is 27.5. The van der Waals surface area contributed by atoms with E-state index in [-0.39, 0.29) is 16.8 Å². The maximum absolute atomic E-state index is 12.7. The number of amides is 1. The van der Waals surface area contributed by atoms with Crippen molar-refractivity contribution < 1.29 is 13.2 Å². The number of sulfonamides is 1. The first-order valence-corrected chi connectivity index (χ1v) is 12.3. The first-order chi connectivity index (χ1) is 15.5. The third kappa shape index (κ3) is 5.36. The predicted octanol–water partition coefficient (Wildman–Crippen LogP) is 4.05. The molecule has 0 aliphatic carbocycles. The van der Waals surface area contributed by atoms with Gasteiger partial charge in [-0.05, 0) is 67.9 Å². The fraction of sp³-hybridized carbons (Fsp3) is 0.240. The lowest BCUT2D eigenvalue weighted by molar-refractivity contribution is 0.0938. The van der Waals surface area contributed by atoms with Crippen LogP contribution in [0.15, 0.2) is 89.8 Å². The van der Waals surface area contributed by atoms with Crippen LogP contribution in [0.3, 0.4) is 0 Å². The topological polar surface area (TPSA) is 78.5 Å². The molecule has 0 aromatic heterocycles. The number of benzene rings is 3. The van der Waals surface area contributed by atoms with Crippen LogP contribution in [0.1, 0.15) is 34.8 Å². The smallest absolute Gasteiger partial charge is 0.261 e. The van der Waals surface area contributed by atoms with Crippen LogP contribution in [0.4, 0.5) is 5.69 Å². The minimum absolute atomic E-state index is 0.139. The third-order valence-electron chi connectivity index (χ3n) is 5.67. The van der Waals surface area contributed by atoms with Crippen molar-refractivity contribution in [2.24, 2.45) is 0 Å². The summed E-state index contributed by atoms with van der Waals surface area (Å²) in [6.45, 7) is 2.59. The standard InChI is InChI=1S/C25H27N3O3S/c29-25(26-19-24(28-17-7-8-18-28)20-9-3-1-4-10-20)21-13-15-22(16-14-21)27-32(30,31)23-11-5-2-6-12-23/h1-6,9-16,24,27H,7-8,17-19H2,(H,26,29)/t24-/m1/s1. The molecule has 3 aromatic carbocycles. The highest BCUT2D eigenvalue weighted by atomic mass is 32.2. The van der Waals surface area contributed by atoms with Gasteiger partial charge in [0, 0.05) is 17.8 Å². The third-order valence-corrected chi connectivity index (χ3v) is 7.07. The van der Waals surface area contributed by atoms with E-state index >= 15 is 0 Å². The molecule has 6 nitrogen and oxygen atoms in total. The van der Waals surface area contributed by atoms with Crippen LogP contribution in [0.2, 0.25) is 0 Å². The van der Waals surface area contributed by atoms with E-state index in [9.17, 15) is 13.2 Å². The molecule has 1 amide bonds. The number of anilines is 1. The molecule has 166 valence electrons. The van der Waals surface area contributed by atoms with Crippen LogP contribution in [-0.2, 0) is 10.0 Å². The van der Waals surface area contributed by atoms with E-state index in [0.717, 1.165) is 13.1 Å². The van der Waals surface area contributed by atoms with Crippen LogP contribution in [0.25, 0.3) is 0 Å². The lowest BCUT2D eigenvalue weighted by Crippen LogP contribution is -2.36. The molecule has 32 heavy (non-hydrogen) atoms. The highest BCUT2D eigenvalue weighted by molar-refractivity contribution is 7.92. The molecule has 3 aromatic rings. The molecule has 1 fully saturated rings. The molecule has 0 spiro atoms. The minimum atomic E-state index is -3.66. The molecule has 1 heterocycles. The van der Waals surface area contributed by atoms with Crippen molar-refractivity contribution in [2.75, 3.05) is 24.4 Å². The summed E-state index contributed by atoms with van der Waals surface area (Å²) in [4.78, 5) is 15.3. The Hall–Kier alpha value is -3.16. The van der Waals surface area contributed by atoms with E-state index in [1.165, 1.54) is 30.5 Å². The molecule has 1 saturated heterocycles. The normalized spacial score (nSPS) is 15.2. The van der Waals surface area contributed by atoms with Crippen molar-refractivity contribution in [3.05, 3.63) is 96.1 Å². The van der Waals surface area contributed by atoms with Crippen LogP contribution in [0.5, 0.6) is 0 Å². The highest BCUT2D eigenvalue weighted by Gasteiger charge is 2.24. The fourth-order valence-electron chi connectivity index (χ4n) is 3.98. The van der Waals surface area contributed by atoms with E-state index in [0.29, 0.717) is 17.8 Å². The van der Waals surface area contributed by atoms with Crippen LogP contribution >= 0.6 is 0 Å². The largest absolute Gasteiger partial charge is 0.350 e. The van der Waals surface area contributed by atoms with Gasteiger partial charge in [-0.25, -0.2) is 8.42 Å². The van der Waals surface area contributed by atoms with Crippen molar-refractivity contribution in [3.8, 4) is 0 Å². The number of carbonyl (C=O) groups is 1. The lowest BCUT2D eigenvalue weighted by Gasteiger charge is -2.28. The van der Waals surface area contributed by atoms with E-state index in [1.807, 2.05) is 18.2 Å². The molecule has 1 aliphatic heterocycles. The predicted molar refractivity (Wildman–Crippen MR) is 126 cm³/mol. The van der Waals surface area contributed by atoms with E-state index < -0.39 is 10.0 Å². The molecule has 0 bridgehead atoms. The Morgan fingerprint density at radius 1 is 0.844 bits per heavy atom. The van der Waals surface area contributed by atoms with E-state index in [2.05, 4.69) is 27.1 Å². The Labute approximate surface area is 189 Å². The summed E-state index contributed by atoms with van der Waals surface area (Å²) in [5, 5.41) is 3.05. The molecule has 1 atom stereocenters. The lowest BCUT2D eigenvalue weighted by atomic mass is 10.1. The van der Waals surface area contributed by atoms with Gasteiger partial charge in [0.15, 0.2) is 0 Å². The number of nitrogens with zero attached hydrogens (tertiary/aromatic N) is 1. The Morgan fingerprint density at radius 2 is 1.44 bits per heavy atom. The Morgan fingerprint density at radius 3 is 2.06 bits per heavy atom. The number of likely N-dealkylation sites (tertiary alicyclic amines) is 1. The maximum atomic E-state index is 12.7. The number of hydrogen-bond acceptors (Lipinski definition) is 4. The van der Waals surface area contributed by atoms with Crippen molar-refractivity contribution in [1.29, 1.82) is 0 Å². The molecule has 0 radical (unpaired) electrons. The maximum Gasteiger partial charge on any atom is 0.261 e. The number of carbonyl (C=O) groups excluding carboxylic acids is 1. The zero-order chi connectivity index (χ0) is 22.4. The summed E-state index contributed by atoms with van der Waals surface area (Å²) in [7, 11) is -3.66. The van der Waals surface area contributed by atoms with Crippen LogP contribution in [0, 0.1) is 0 Å². The zero-order valence-electron chi connectivity index (χ0n) is 17.8. The Balaban J connectivity index is 1.40. The van der Waals surface area contributed by atoms with Gasteiger partial charge in [-0.1, -0.05) is 48.5 Å². The number of rotatable bonds is 8. The second-order valence-electron chi connectivity index (χ2n) is 7.88. The van der Waals surface area contributed by atoms with Gasteiger partial charge in [0.2, 0.25) is 0 Å². The van der Waals surface area contributed by atoms with Gasteiger partial charge in [0.25, 0.3) is 15.9 Å². The Kier molecular flexibility index (Phi) is 6.87. The average molecular weight is 450 g/mol. The molecule has 7 heteroatoms. The van der Waals surface area contributed by atoms with Gasteiger partial charge in [0.1, 0.15) is 0 Å². The van der Waals surface area contributed by atoms with Gasteiger partial charge >= 0.3 is 0 Å². The summed E-state index contributed by atoms with van der Waals surface area (Å²) >= 11 is 0. The molecule has 2 N–H and O–H groups in total. The SMILES string of the molecule is O=C(NC[C@H](c1ccccc1)N1CCCC1)c1ccc(NS(=O)(=O)c2ccccc2)cc1. The molecular formula is C25H27N3O3S. The zero-order valence-corrected chi connectivity index (χ0v) is 18.6. The average Bonchev–Trinajstić information content (AvgIpc) is 3.35. The van der Waals surface area contributed by atoms with Gasteiger partial charge in [-0.2, -0.15) is 0 Å². The molecule has 0 saturated carbocycles. The van der Waals surface area contributed by atoms with E-state index in [4.69, 9.17) is 0 Å². The van der Waals surface area contributed by atoms with Crippen molar-refractivity contribution in [2.45, 2.75) is 23.8 Å². The molecule has 1 aliphatic rings. The van der Waals surface area contributed by atoms with Gasteiger partial charge in [-0.15, -0.1) is 0 Å². The second-order valence-corrected chi connectivity index (χ2v) is 9.56. The first kappa shape index (κ1) is 22.0. The van der Waals surface area contributed by atoms with Crippen LogP contribution in [-0.4, -0.2) is 38.9 Å². The first-order valence-electron chi connectivity index (χ1n) is 10.8. The van der Waals surface area contributed by atoms with E-state index in [1.54, 1.807) is 42.5 Å². The fourth-order valence-corrected chi connectivity index (χ4v) is 5.06. The van der Waals surface area contributed by atoms with Crippen LogP contribution < -0.4 is 10.0 Å². The van der Waals surface area contributed by atoms with Crippen molar-refractivity contribution in [3.63, 3.8) is 0 Å². The Bertz CT molecular complexity index is 1130. The second kappa shape index (κ2) is 9.97. The van der Waals surface area contributed by atoms with Gasteiger partial charge < -0.3 is 5.32 Å². The number of nitrogens with one attached hydrogen (secondary N) is 2. The number of hydrogen-bond donors (Lipinski definition) is 2. The highest BCUT2D eigenvalue weighted by Crippen LogP contribution is 2.24. The summed E-state index contributed by atoms with van der Waals surface area (Å²) in [6, 6.07) is 25.0. The van der Waals surface area contributed by atoms with Gasteiger partial charge in [-0.3, -0.25) is 14.4 Å². The van der Waals surface area contributed by atoms with Crippen molar-refractivity contribution in [1.82, 2.24) is 10.2 Å². The molecular weight excluding hydrogens is 422 g/mol.